The van der Waals surface area contributed by atoms with Crippen LogP contribution in [0.2, 0.25) is 0 Å². The maximum atomic E-state index is 8.64. The van der Waals surface area contributed by atoms with Gasteiger partial charge in [-0.05, 0) is 44.8 Å². The van der Waals surface area contributed by atoms with Crippen molar-refractivity contribution < 1.29 is 0 Å². The fourth-order valence-electron chi connectivity index (χ4n) is 2.46. The van der Waals surface area contributed by atoms with Gasteiger partial charge in [-0.3, -0.25) is 0 Å². The third kappa shape index (κ3) is 1.50. The second kappa shape index (κ2) is 4.06. The van der Waals surface area contributed by atoms with E-state index < -0.39 is 0 Å². The summed E-state index contributed by atoms with van der Waals surface area (Å²) in [6.07, 6.45) is 4.74. The van der Waals surface area contributed by atoms with Crippen molar-refractivity contribution in [2.45, 2.75) is 6.42 Å². The third-order valence-electron chi connectivity index (χ3n) is 3.25. The number of hydrogen-bond acceptors (Lipinski definition) is 1. The Morgan fingerprint density at radius 3 is 2.94 bits per heavy atom. The molecule has 18 heavy (non-hydrogen) atoms. The van der Waals surface area contributed by atoms with Gasteiger partial charge in [0, 0.05) is 10.6 Å². The van der Waals surface area contributed by atoms with E-state index in [4.69, 9.17) is 5.53 Å². The van der Waals surface area contributed by atoms with Crippen molar-refractivity contribution in [3.63, 3.8) is 0 Å². The number of benzene rings is 2. The minimum absolute atomic E-state index is 0.665. The van der Waals surface area contributed by atoms with Crippen LogP contribution in [0.3, 0.4) is 0 Å². The average molecular weight is 233 g/mol. The predicted molar refractivity (Wildman–Crippen MR) is 74.9 cm³/mol. The minimum atomic E-state index is 0.665. The Morgan fingerprint density at radius 2 is 2.11 bits per heavy atom. The highest BCUT2D eigenvalue weighted by atomic mass is 15.1. The monoisotopic (exact) mass is 233 g/mol. The zero-order valence-electron chi connectivity index (χ0n) is 9.80. The largest absolute Gasteiger partial charge is 0.0905 e. The van der Waals surface area contributed by atoms with Crippen LogP contribution in [0.4, 0.5) is 0 Å². The van der Waals surface area contributed by atoms with Crippen LogP contribution in [0.1, 0.15) is 12.0 Å². The second-order valence-corrected chi connectivity index (χ2v) is 4.28. The zero-order valence-corrected chi connectivity index (χ0v) is 9.80. The summed E-state index contributed by atoms with van der Waals surface area (Å²) in [6, 6.07) is 10.2. The van der Waals surface area contributed by atoms with Crippen LogP contribution in [0.25, 0.3) is 39.6 Å². The minimum Gasteiger partial charge on any atom is -0.0905 e. The molecule has 0 spiro atoms. The Hall–Kier alpha value is -2.51. The van der Waals surface area contributed by atoms with Crippen molar-refractivity contribution >= 4 is 29.1 Å². The fourth-order valence-corrected chi connectivity index (χ4v) is 2.46. The second-order valence-electron chi connectivity index (χ2n) is 4.28. The van der Waals surface area contributed by atoms with Gasteiger partial charge in [-0.25, -0.2) is 0 Å². The van der Waals surface area contributed by atoms with E-state index in [-0.39, 0.29) is 0 Å². The summed E-state index contributed by atoms with van der Waals surface area (Å²) in [4.78, 5) is 2.91. The Bertz CT molecular complexity index is 825. The molecule has 0 aromatic heterocycles. The molecule has 0 saturated heterocycles. The molecule has 1 aliphatic carbocycles. The smallest absolute Gasteiger partial charge is 0.0273 e. The molecule has 0 radical (unpaired) electrons. The molecule has 1 aliphatic rings. The molecule has 0 aliphatic heterocycles. The summed E-state index contributed by atoms with van der Waals surface area (Å²) in [5, 5.41) is 7.99. The molecule has 0 amide bonds. The Morgan fingerprint density at radius 1 is 1.28 bits per heavy atom. The van der Waals surface area contributed by atoms with Crippen LogP contribution in [0.15, 0.2) is 41.5 Å². The molecular formula is C15H11N3. The number of azide groups is 1. The van der Waals surface area contributed by atoms with Gasteiger partial charge < -0.3 is 0 Å². The standard InChI is InChI=1S/C15H11N3/c1-10-13-7-3-2-5-11(13)9-12-6-4-8-14(15(10)12)17-18-16/h2-7,9H,1,8H2. The van der Waals surface area contributed by atoms with Gasteiger partial charge in [-0.2, -0.15) is 0 Å². The molecule has 2 aromatic rings. The van der Waals surface area contributed by atoms with Crippen LogP contribution in [0, 0.1) is 0 Å². The molecule has 3 nitrogen and oxygen atoms in total. The maximum Gasteiger partial charge on any atom is 0.0273 e. The lowest BCUT2D eigenvalue weighted by atomic mass is 9.97. The quantitative estimate of drug-likeness (QED) is 0.413. The summed E-state index contributed by atoms with van der Waals surface area (Å²) in [5.74, 6) is 0. The summed E-state index contributed by atoms with van der Waals surface area (Å²) in [5.41, 5.74) is 10.5. The first-order valence-electron chi connectivity index (χ1n) is 5.77. The van der Waals surface area contributed by atoms with Crippen molar-refractivity contribution in [3.8, 4) is 0 Å². The fraction of sp³-hybridized carbons (Fsp3) is 0.0667. The van der Waals surface area contributed by atoms with E-state index >= 15 is 0 Å². The van der Waals surface area contributed by atoms with Crippen molar-refractivity contribution in [2.75, 3.05) is 0 Å². The van der Waals surface area contributed by atoms with Crippen molar-refractivity contribution in [1.82, 2.24) is 0 Å². The number of rotatable bonds is 1. The van der Waals surface area contributed by atoms with Gasteiger partial charge in [0.2, 0.25) is 0 Å². The Kier molecular flexibility index (Phi) is 2.40. The van der Waals surface area contributed by atoms with E-state index in [1.165, 1.54) is 0 Å². The van der Waals surface area contributed by atoms with Crippen molar-refractivity contribution in [2.24, 2.45) is 5.11 Å². The molecule has 0 atom stereocenters. The molecule has 0 heterocycles. The van der Waals surface area contributed by atoms with E-state index in [2.05, 4.69) is 34.8 Å². The normalized spacial score (nSPS) is 13.2. The van der Waals surface area contributed by atoms with Crippen LogP contribution < -0.4 is 10.4 Å². The molecule has 0 unspecified atom stereocenters. The lowest BCUT2D eigenvalue weighted by molar-refractivity contribution is 1.25. The Labute approximate surface area is 104 Å². The van der Waals surface area contributed by atoms with Crippen LogP contribution in [0.5, 0.6) is 0 Å². The molecule has 0 bridgehead atoms. The summed E-state index contributed by atoms with van der Waals surface area (Å²) in [6.45, 7) is 4.16. The third-order valence-corrected chi connectivity index (χ3v) is 3.25. The lowest BCUT2D eigenvalue weighted by Gasteiger charge is -2.10. The topological polar surface area (TPSA) is 48.8 Å². The van der Waals surface area contributed by atoms with Gasteiger partial charge in [-0.1, -0.05) is 48.1 Å². The zero-order chi connectivity index (χ0) is 12.5. The SMILES string of the molecule is C=c1c2c(cc3ccccc13)C=CCC=2N=[N+]=[N-]. The highest BCUT2D eigenvalue weighted by Gasteiger charge is 2.07. The van der Waals surface area contributed by atoms with E-state index in [1.54, 1.807) is 0 Å². The van der Waals surface area contributed by atoms with E-state index in [9.17, 15) is 0 Å². The Balaban J connectivity index is 2.58. The molecule has 2 aromatic carbocycles. The molecular weight excluding hydrogens is 222 g/mol. The first-order chi connectivity index (χ1) is 8.81. The van der Waals surface area contributed by atoms with Crippen molar-refractivity contribution in [3.05, 3.63) is 62.9 Å². The van der Waals surface area contributed by atoms with Gasteiger partial charge in [0.05, 0.1) is 0 Å². The van der Waals surface area contributed by atoms with E-state index in [0.29, 0.717) is 6.42 Å². The van der Waals surface area contributed by atoms with Gasteiger partial charge in [0.25, 0.3) is 0 Å². The summed E-state index contributed by atoms with van der Waals surface area (Å²) >= 11 is 0. The van der Waals surface area contributed by atoms with E-state index in [1.807, 2.05) is 24.3 Å². The first-order valence-corrected chi connectivity index (χ1v) is 5.77. The number of nitrogens with zero attached hydrogens (tertiary/aromatic N) is 3. The highest BCUT2D eigenvalue weighted by Crippen LogP contribution is 2.16. The molecule has 0 fully saturated rings. The van der Waals surface area contributed by atoms with Gasteiger partial charge in [0.1, 0.15) is 0 Å². The van der Waals surface area contributed by atoms with E-state index in [0.717, 1.165) is 32.5 Å². The summed E-state index contributed by atoms with van der Waals surface area (Å²) < 4.78 is 0. The van der Waals surface area contributed by atoms with Gasteiger partial charge in [0.15, 0.2) is 0 Å². The number of fused-ring (bicyclic) bond motifs is 2. The van der Waals surface area contributed by atoms with Gasteiger partial charge >= 0.3 is 0 Å². The van der Waals surface area contributed by atoms with Crippen molar-refractivity contribution in [1.29, 1.82) is 0 Å². The lowest BCUT2D eigenvalue weighted by Crippen LogP contribution is -2.30. The predicted octanol–water partition coefficient (Wildman–Crippen LogP) is 3.09. The molecule has 0 N–H and O–H groups in total. The molecule has 3 rings (SSSR count). The van der Waals surface area contributed by atoms with Gasteiger partial charge in [-0.15, -0.1) is 0 Å². The average Bonchev–Trinajstić information content (AvgIpc) is 2.39. The first kappa shape index (κ1) is 10.6. The van der Waals surface area contributed by atoms with Crippen LogP contribution in [-0.4, -0.2) is 0 Å². The molecule has 86 valence electrons. The number of hydrogen-bond donors (Lipinski definition) is 0. The molecule has 0 saturated carbocycles. The summed E-state index contributed by atoms with van der Waals surface area (Å²) in [7, 11) is 0. The highest BCUT2D eigenvalue weighted by molar-refractivity contribution is 5.87. The molecule has 3 heteroatoms. The van der Waals surface area contributed by atoms with Crippen LogP contribution >= 0.6 is 0 Å². The van der Waals surface area contributed by atoms with Crippen LogP contribution in [-0.2, 0) is 0 Å². The maximum absolute atomic E-state index is 8.64.